The van der Waals surface area contributed by atoms with E-state index in [4.69, 9.17) is 21.6 Å². The predicted molar refractivity (Wildman–Crippen MR) is 176 cm³/mol. The third-order valence-corrected chi connectivity index (χ3v) is 7.56. The Labute approximate surface area is 271 Å². The van der Waals surface area contributed by atoms with Crippen LogP contribution >= 0.6 is 0 Å². The number of imidazole rings is 1. The molecule has 0 bridgehead atoms. The van der Waals surface area contributed by atoms with Gasteiger partial charge in [-0.2, -0.15) is 4.39 Å². The van der Waals surface area contributed by atoms with Crippen LogP contribution in [0.5, 0.6) is 5.75 Å². The van der Waals surface area contributed by atoms with Crippen LogP contribution in [0.2, 0.25) is 0 Å². The summed E-state index contributed by atoms with van der Waals surface area (Å²) in [5.41, 5.74) is 13.9. The monoisotopic (exact) mass is 650 g/mol. The highest BCUT2D eigenvalue weighted by Gasteiger charge is 2.20. The lowest BCUT2D eigenvalue weighted by Gasteiger charge is -2.18. The Balaban J connectivity index is 1.36. The number of ether oxygens (including phenoxy) is 1. The van der Waals surface area contributed by atoms with Crippen LogP contribution in [0.3, 0.4) is 0 Å². The fourth-order valence-electron chi connectivity index (χ4n) is 5.01. The third-order valence-electron chi connectivity index (χ3n) is 7.56. The van der Waals surface area contributed by atoms with Gasteiger partial charge in [0.15, 0.2) is 29.0 Å². The number of guanidine groups is 1. The zero-order valence-electron chi connectivity index (χ0n) is 26.5. The second-order valence-electron chi connectivity index (χ2n) is 11.0. The molecule has 4 rings (SSSR count). The summed E-state index contributed by atoms with van der Waals surface area (Å²) in [6.45, 7) is 4.59. The van der Waals surface area contributed by atoms with Crippen LogP contribution < -0.4 is 37.5 Å². The molecule has 0 spiro atoms. The Morgan fingerprint density at radius 1 is 1.09 bits per heavy atom. The fourth-order valence-corrected chi connectivity index (χ4v) is 5.01. The number of aryl methyl sites for hydroxylation is 1. The van der Waals surface area contributed by atoms with Gasteiger partial charge < -0.3 is 37.5 Å². The second-order valence-corrected chi connectivity index (χ2v) is 11.0. The molecule has 0 unspecified atom stereocenters. The Bertz CT molecular complexity index is 1750. The van der Waals surface area contributed by atoms with E-state index in [1.807, 2.05) is 19.9 Å². The number of amides is 2. The molecule has 250 valence electrons. The van der Waals surface area contributed by atoms with E-state index in [0.717, 1.165) is 5.56 Å². The molecule has 0 saturated heterocycles. The molecule has 47 heavy (non-hydrogen) atoms. The third kappa shape index (κ3) is 8.49. The number of carbonyl (C=O) groups is 2. The summed E-state index contributed by atoms with van der Waals surface area (Å²) in [4.78, 5) is 34.2. The average Bonchev–Trinajstić information content (AvgIpc) is 3.48. The molecular weight excluding hydrogens is 610 g/mol. The van der Waals surface area contributed by atoms with Gasteiger partial charge in [0.05, 0.1) is 25.0 Å². The maximum Gasteiger partial charge on any atom is 0.251 e. The molecule has 0 aliphatic rings. The van der Waals surface area contributed by atoms with E-state index in [1.165, 1.54) is 31.6 Å². The smallest absolute Gasteiger partial charge is 0.251 e. The molecular formula is C32H40F2N10O3. The lowest BCUT2D eigenvalue weighted by molar-refractivity contribution is -0.123. The molecule has 0 aliphatic heterocycles. The van der Waals surface area contributed by atoms with E-state index in [-0.39, 0.29) is 35.1 Å². The van der Waals surface area contributed by atoms with Crippen LogP contribution in [-0.2, 0) is 11.2 Å². The van der Waals surface area contributed by atoms with Crippen molar-refractivity contribution in [2.45, 2.75) is 51.6 Å². The zero-order chi connectivity index (χ0) is 34.1. The van der Waals surface area contributed by atoms with Crippen LogP contribution in [0, 0.1) is 17.0 Å². The Hall–Kier alpha value is -5.31. The minimum Gasteiger partial charge on any atom is -0.494 e. The first-order valence-corrected chi connectivity index (χ1v) is 15.2. The van der Waals surface area contributed by atoms with Crippen molar-refractivity contribution in [3.05, 3.63) is 71.7 Å². The van der Waals surface area contributed by atoms with Crippen molar-refractivity contribution in [2.24, 2.45) is 11.5 Å². The van der Waals surface area contributed by atoms with Gasteiger partial charge in [0.1, 0.15) is 0 Å². The van der Waals surface area contributed by atoms with Crippen molar-refractivity contribution in [2.75, 3.05) is 25.5 Å². The van der Waals surface area contributed by atoms with Crippen LogP contribution in [0.1, 0.15) is 49.0 Å². The molecule has 4 aromatic rings. The number of nitrogens with zero attached hydrogens (tertiary/aromatic N) is 3. The standard InChI is InChI=1S/C32H40F2N10O3/c1-4-19-16-20(7-8-21(19)30(45)39-13-11-18(2)42-31(46)23(35)6-5-12-40-32(36)37)43-28-29-41-17-24(44(29)15-14-38-28)22-9-10-25(47-3)27(34)26(22)33/h7-10,14-18,23H,4-6,11-13,35H2,1-3H3,(H,38,43)(H,39,45)(H,42,46)(H4,36,37,40)/t18-,23-/m0/s1. The van der Waals surface area contributed by atoms with Gasteiger partial charge in [0.25, 0.3) is 5.91 Å². The molecule has 0 fully saturated rings. The topological polar surface area (TPSA) is 198 Å². The first-order chi connectivity index (χ1) is 22.5. The van der Waals surface area contributed by atoms with Crippen LogP contribution in [0.25, 0.3) is 16.9 Å². The van der Waals surface area contributed by atoms with Crippen molar-refractivity contribution >= 4 is 34.9 Å². The summed E-state index contributed by atoms with van der Waals surface area (Å²) >= 11 is 0. The highest BCUT2D eigenvalue weighted by atomic mass is 19.2. The minimum atomic E-state index is -1.09. The Morgan fingerprint density at radius 2 is 1.87 bits per heavy atom. The highest BCUT2D eigenvalue weighted by molar-refractivity contribution is 5.96. The highest BCUT2D eigenvalue weighted by Crippen LogP contribution is 2.31. The molecule has 2 aromatic carbocycles. The summed E-state index contributed by atoms with van der Waals surface area (Å²) in [5, 5.41) is 18.8. The first kappa shape index (κ1) is 34.6. The average molecular weight is 651 g/mol. The van der Waals surface area contributed by atoms with E-state index in [1.54, 1.807) is 22.7 Å². The summed E-state index contributed by atoms with van der Waals surface area (Å²) in [6.07, 6.45) is 6.69. The maximum absolute atomic E-state index is 14.8. The van der Waals surface area contributed by atoms with E-state index >= 15 is 0 Å². The largest absolute Gasteiger partial charge is 0.494 e. The van der Waals surface area contributed by atoms with Gasteiger partial charge in [-0.05, 0) is 68.5 Å². The lowest BCUT2D eigenvalue weighted by atomic mass is 10.0. The number of halogens is 2. The number of fused-ring (bicyclic) bond motifs is 1. The van der Waals surface area contributed by atoms with E-state index < -0.39 is 17.7 Å². The number of anilines is 2. The number of hydrogen-bond acceptors (Lipinski definition) is 8. The summed E-state index contributed by atoms with van der Waals surface area (Å²) < 4.78 is 35.7. The van der Waals surface area contributed by atoms with E-state index in [0.29, 0.717) is 67.2 Å². The van der Waals surface area contributed by atoms with Crippen molar-refractivity contribution in [1.82, 2.24) is 30.3 Å². The normalized spacial score (nSPS) is 12.3. The van der Waals surface area contributed by atoms with Gasteiger partial charge >= 0.3 is 0 Å². The quantitative estimate of drug-likeness (QED) is 0.0574. The molecule has 15 heteroatoms. The number of nitrogens with one attached hydrogen (secondary N) is 5. The summed E-state index contributed by atoms with van der Waals surface area (Å²) in [5.74, 6) is -2.59. The number of methoxy groups -OCH3 is 1. The van der Waals surface area contributed by atoms with Crippen molar-refractivity contribution < 1.29 is 23.1 Å². The molecule has 2 atom stereocenters. The first-order valence-electron chi connectivity index (χ1n) is 15.2. The molecule has 13 nitrogen and oxygen atoms in total. The van der Waals surface area contributed by atoms with Crippen molar-refractivity contribution in [3.8, 4) is 17.0 Å². The number of benzene rings is 2. The summed E-state index contributed by atoms with van der Waals surface area (Å²) in [6, 6.07) is 7.20. The van der Waals surface area contributed by atoms with Crippen LogP contribution in [0.15, 0.2) is 48.9 Å². The number of aromatic nitrogens is 3. The van der Waals surface area contributed by atoms with Gasteiger partial charge in [-0.15, -0.1) is 0 Å². The molecule has 2 aromatic heterocycles. The van der Waals surface area contributed by atoms with Gasteiger partial charge in [-0.1, -0.05) is 6.92 Å². The molecule has 9 N–H and O–H groups in total. The van der Waals surface area contributed by atoms with E-state index in [9.17, 15) is 18.4 Å². The zero-order valence-corrected chi connectivity index (χ0v) is 26.5. The van der Waals surface area contributed by atoms with Crippen molar-refractivity contribution in [3.63, 3.8) is 0 Å². The van der Waals surface area contributed by atoms with Gasteiger partial charge in [-0.25, -0.2) is 14.4 Å². The SMILES string of the molecule is CCc1cc(Nc2nccn3c(-c4ccc(OC)c(F)c4F)cnc23)ccc1C(=O)NCC[C@H](C)NC(=O)[C@@H](N)CCCNC(=N)N. The molecule has 2 amide bonds. The molecule has 2 heterocycles. The van der Waals surface area contributed by atoms with Crippen LogP contribution in [0.4, 0.5) is 20.3 Å². The molecule has 0 radical (unpaired) electrons. The number of rotatable bonds is 15. The van der Waals surface area contributed by atoms with Gasteiger partial charge in [0.2, 0.25) is 11.7 Å². The molecule has 0 saturated carbocycles. The fraction of sp³-hybridized carbons (Fsp3) is 0.344. The minimum absolute atomic E-state index is 0.0205. The van der Waals surface area contributed by atoms with Crippen LogP contribution in [-0.4, -0.2) is 64.4 Å². The lowest BCUT2D eigenvalue weighted by Crippen LogP contribution is -2.45. The van der Waals surface area contributed by atoms with E-state index in [2.05, 4.69) is 31.2 Å². The van der Waals surface area contributed by atoms with Gasteiger partial charge in [0, 0.05) is 48.3 Å². The van der Waals surface area contributed by atoms with Crippen molar-refractivity contribution in [1.29, 1.82) is 5.41 Å². The predicted octanol–water partition coefficient (Wildman–Crippen LogP) is 3.20. The number of nitrogens with two attached hydrogens (primary N) is 2. The maximum atomic E-state index is 14.8. The molecule has 0 aliphatic carbocycles. The second kappa shape index (κ2) is 15.8. The number of carbonyl (C=O) groups excluding carboxylic acids is 2. The Morgan fingerprint density at radius 3 is 2.60 bits per heavy atom. The Kier molecular flexibility index (Phi) is 11.6. The summed E-state index contributed by atoms with van der Waals surface area (Å²) in [7, 11) is 1.27. The van der Waals surface area contributed by atoms with Gasteiger partial charge in [-0.3, -0.25) is 19.4 Å². The number of hydrogen-bond donors (Lipinski definition) is 7.